The van der Waals surface area contributed by atoms with Crippen molar-refractivity contribution in [2.75, 3.05) is 31.1 Å². The maximum atomic E-state index is 12.8. The zero-order valence-corrected chi connectivity index (χ0v) is 16.9. The molecule has 2 fully saturated rings. The predicted molar refractivity (Wildman–Crippen MR) is 103 cm³/mol. The number of rotatable bonds is 3. The van der Waals surface area contributed by atoms with Gasteiger partial charge in [-0.25, -0.2) is 18.4 Å². The molecule has 0 radical (unpaired) electrons. The van der Waals surface area contributed by atoms with Gasteiger partial charge in [-0.1, -0.05) is 13.8 Å². The van der Waals surface area contributed by atoms with Gasteiger partial charge >= 0.3 is 0 Å². The minimum atomic E-state index is -3.29. The van der Waals surface area contributed by atoms with Crippen LogP contribution in [0, 0.1) is 5.92 Å². The molecule has 0 bridgehead atoms. The number of anilines is 1. The van der Waals surface area contributed by atoms with Crippen LogP contribution in [0.5, 0.6) is 0 Å². The highest BCUT2D eigenvalue weighted by molar-refractivity contribution is 7.91. The molecule has 3 aliphatic rings. The summed E-state index contributed by atoms with van der Waals surface area (Å²) in [5.41, 5.74) is 1.54. The Balaban J connectivity index is 1.66. The number of hydrogen-bond donors (Lipinski definition) is 0. The minimum absolute atomic E-state index is 0.0179. The number of carbonyl (C=O) groups excluding carboxylic acids is 1. The van der Waals surface area contributed by atoms with Gasteiger partial charge in [-0.15, -0.1) is 0 Å². The van der Waals surface area contributed by atoms with E-state index >= 15 is 0 Å². The second-order valence-electron chi connectivity index (χ2n) is 8.27. The summed E-state index contributed by atoms with van der Waals surface area (Å²) >= 11 is 0. The van der Waals surface area contributed by atoms with Crippen LogP contribution < -0.4 is 4.90 Å². The first-order valence-electron chi connectivity index (χ1n) is 9.99. The van der Waals surface area contributed by atoms with Crippen molar-refractivity contribution in [2.45, 2.75) is 56.5 Å². The lowest BCUT2D eigenvalue weighted by Crippen LogP contribution is -2.38. The van der Waals surface area contributed by atoms with Crippen molar-refractivity contribution in [3.8, 4) is 0 Å². The summed E-state index contributed by atoms with van der Waals surface area (Å²) < 4.78 is 25.6. The maximum absolute atomic E-state index is 12.8. The fraction of sp³-hybridized carbons (Fsp3) is 0.737. The molecule has 1 aromatic rings. The van der Waals surface area contributed by atoms with E-state index < -0.39 is 15.1 Å². The molecule has 2 saturated heterocycles. The van der Waals surface area contributed by atoms with E-state index in [-0.39, 0.29) is 17.6 Å². The summed E-state index contributed by atoms with van der Waals surface area (Å²) in [6, 6.07) is 0. The summed E-state index contributed by atoms with van der Waals surface area (Å²) in [6.07, 6.45) is 5.28. The van der Waals surface area contributed by atoms with Crippen molar-refractivity contribution in [3.05, 3.63) is 17.5 Å². The molecule has 27 heavy (non-hydrogen) atoms. The number of hydrogen-bond acceptors (Lipinski definition) is 6. The SMILES string of the molecule is CCCC(=O)N1C[C@@H]2c3nc(N4CCCC(C)C4)ncc3CS(=O)(=O)[C@@H]2C1. The van der Waals surface area contributed by atoms with Crippen molar-refractivity contribution >= 4 is 21.7 Å². The Morgan fingerprint density at radius 1 is 1.30 bits per heavy atom. The number of amides is 1. The van der Waals surface area contributed by atoms with Gasteiger partial charge in [0.15, 0.2) is 9.84 Å². The van der Waals surface area contributed by atoms with Gasteiger partial charge < -0.3 is 9.80 Å². The van der Waals surface area contributed by atoms with Crippen LogP contribution in [-0.2, 0) is 20.4 Å². The highest BCUT2D eigenvalue weighted by atomic mass is 32.2. The van der Waals surface area contributed by atoms with Crippen LogP contribution in [-0.4, -0.2) is 60.6 Å². The predicted octanol–water partition coefficient (Wildman–Crippen LogP) is 1.74. The van der Waals surface area contributed by atoms with Crippen LogP contribution in [0.25, 0.3) is 0 Å². The Morgan fingerprint density at radius 3 is 2.85 bits per heavy atom. The lowest BCUT2D eigenvalue weighted by molar-refractivity contribution is -0.130. The third-order valence-electron chi connectivity index (χ3n) is 6.08. The van der Waals surface area contributed by atoms with Crippen LogP contribution in [0.4, 0.5) is 5.95 Å². The monoisotopic (exact) mass is 392 g/mol. The molecule has 0 saturated carbocycles. The second-order valence-corrected chi connectivity index (χ2v) is 10.5. The van der Waals surface area contributed by atoms with E-state index in [2.05, 4.69) is 16.8 Å². The van der Waals surface area contributed by atoms with Crippen molar-refractivity contribution < 1.29 is 13.2 Å². The Hall–Kier alpha value is -1.70. The number of sulfone groups is 1. The molecule has 0 aromatic carbocycles. The van der Waals surface area contributed by atoms with Crippen LogP contribution in [0.2, 0.25) is 0 Å². The fourth-order valence-electron chi connectivity index (χ4n) is 4.67. The molecule has 1 aromatic heterocycles. The average Bonchev–Trinajstić information content (AvgIpc) is 3.08. The smallest absolute Gasteiger partial charge is 0.225 e. The summed E-state index contributed by atoms with van der Waals surface area (Å²) in [7, 11) is -3.29. The molecule has 3 aliphatic heterocycles. The van der Waals surface area contributed by atoms with E-state index in [1.165, 1.54) is 6.42 Å². The summed E-state index contributed by atoms with van der Waals surface area (Å²) in [5, 5.41) is -0.533. The Morgan fingerprint density at radius 2 is 2.11 bits per heavy atom. The lowest BCUT2D eigenvalue weighted by Gasteiger charge is -2.32. The van der Waals surface area contributed by atoms with E-state index in [1.54, 1.807) is 11.1 Å². The van der Waals surface area contributed by atoms with Gasteiger partial charge in [0, 0.05) is 50.3 Å². The third-order valence-corrected chi connectivity index (χ3v) is 8.19. The normalized spacial score (nSPS) is 29.3. The molecule has 0 aliphatic carbocycles. The first-order chi connectivity index (χ1) is 12.9. The number of piperidine rings is 1. The highest BCUT2D eigenvalue weighted by Gasteiger charge is 2.48. The Bertz CT molecular complexity index is 841. The largest absolute Gasteiger partial charge is 0.341 e. The van der Waals surface area contributed by atoms with E-state index in [0.29, 0.717) is 36.9 Å². The number of carbonyl (C=O) groups is 1. The first kappa shape index (κ1) is 18.7. The molecule has 1 unspecified atom stereocenters. The minimum Gasteiger partial charge on any atom is -0.341 e. The molecular weight excluding hydrogens is 364 g/mol. The molecule has 0 N–H and O–H groups in total. The first-order valence-corrected chi connectivity index (χ1v) is 11.7. The van der Waals surface area contributed by atoms with E-state index in [1.807, 2.05) is 6.92 Å². The van der Waals surface area contributed by atoms with Crippen molar-refractivity contribution in [1.29, 1.82) is 0 Å². The summed E-state index contributed by atoms with van der Waals surface area (Å²) in [4.78, 5) is 25.6. The highest BCUT2D eigenvalue weighted by Crippen LogP contribution is 2.40. The van der Waals surface area contributed by atoms with Crippen LogP contribution in [0.3, 0.4) is 0 Å². The van der Waals surface area contributed by atoms with Gasteiger partial charge in [0.1, 0.15) is 0 Å². The van der Waals surface area contributed by atoms with Crippen LogP contribution in [0.1, 0.15) is 56.7 Å². The van der Waals surface area contributed by atoms with Crippen molar-refractivity contribution in [3.63, 3.8) is 0 Å². The molecule has 1 amide bonds. The average molecular weight is 393 g/mol. The summed E-state index contributed by atoms with van der Waals surface area (Å²) in [5.74, 6) is 1.11. The molecule has 3 atom stereocenters. The molecule has 8 heteroatoms. The molecular formula is C19H28N4O3S. The number of fused-ring (bicyclic) bond motifs is 3. The van der Waals surface area contributed by atoms with Gasteiger partial charge in [0.2, 0.25) is 11.9 Å². The number of likely N-dealkylation sites (tertiary alicyclic amines) is 1. The van der Waals surface area contributed by atoms with Gasteiger partial charge in [0.05, 0.1) is 16.7 Å². The van der Waals surface area contributed by atoms with Gasteiger partial charge in [-0.05, 0) is 25.2 Å². The molecule has 4 rings (SSSR count). The second kappa shape index (κ2) is 7.04. The Labute approximate surface area is 161 Å². The zero-order valence-electron chi connectivity index (χ0n) is 16.1. The van der Waals surface area contributed by atoms with E-state index in [9.17, 15) is 13.2 Å². The molecule has 0 spiro atoms. The molecule has 4 heterocycles. The standard InChI is InChI=1S/C19H28N4O3S/c1-3-5-17(24)23-10-15-16(11-23)27(25,26)12-14-8-20-19(21-18(14)15)22-7-4-6-13(2)9-22/h8,13,15-16H,3-7,9-12H2,1-2H3/t13?,15-,16+/m0/s1. The van der Waals surface area contributed by atoms with Gasteiger partial charge in [-0.3, -0.25) is 4.79 Å². The van der Waals surface area contributed by atoms with Gasteiger partial charge in [-0.2, -0.15) is 0 Å². The third kappa shape index (κ3) is 3.44. The molecule has 7 nitrogen and oxygen atoms in total. The quantitative estimate of drug-likeness (QED) is 0.779. The summed E-state index contributed by atoms with van der Waals surface area (Å²) in [6.45, 7) is 6.82. The van der Waals surface area contributed by atoms with Crippen LogP contribution >= 0.6 is 0 Å². The topological polar surface area (TPSA) is 83.5 Å². The van der Waals surface area contributed by atoms with Crippen molar-refractivity contribution in [1.82, 2.24) is 14.9 Å². The van der Waals surface area contributed by atoms with Crippen molar-refractivity contribution in [2.24, 2.45) is 5.92 Å². The number of nitrogens with zero attached hydrogens (tertiary/aromatic N) is 4. The zero-order chi connectivity index (χ0) is 19.2. The fourth-order valence-corrected chi connectivity index (χ4v) is 6.66. The Kier molecular flexibility index (Phi) is 4.86. The van der Waals surface area contributed by atoms with E-state index in [0.717, 1.165) is 31.6 Å². The van der Waals surface area contributed by atoms with Crippen LogP contribution in [0.15, 0.2) is 6.20 Å². The van der Waals surface area contributed by atoms with E-state index in [4.69, 9.17) is 4.98 Å². The van der Waals surface area contributed by atoms with Gasteiger partial charge in [0.25, 0.3) is 0 Å². The number of aromatic nitrogens is 2. The maximum Gasteiger partial charge on any atom is 0.225 e. The lowest BCUT2D eigenvalue weighted by atomic mass is 9.99. The molecule has 148 valence electrons.